The summed E-state index contributed by atoms with van der Waals surface area (Å²) in [4.78, 5) is 4.03. The van der Waals surface area contributed by atoms with Crippen molar-refractivity contribution in [3.8, 4) is 0 Å². The normalized spacial score (nSPS) is 18.9. The number of hydrogen-bond acceptors (Lipinski definition) is 4. The zero-order chi connectivity index (χ0) is 9.90. The van der Waals surface area contributed by atoms with Crippen molar-refractivity contribution in [3.05, 3.63) is 0 Å². The molecule has 0 aromatic rings. The summed E-state index contributed by atoms with van der Waals surface area (Å²) in [5.74, 6) is 0.678. The van der Waals surface area contributed by atoms with Crippen LogP contribution in [0.5, 0.6) is 0 Å². The van der Waals surface area contributed by atoms with E-state index in [4.69, 9.17) is 0 Å². The average Bonchev–Trinajstić information content (AvgIpc) is 2.34. The molecule has 4 heteroatoms. The van der Waals surface area contributed by atoms with Crippen molar-refractivity contribution in [2.75, 3.05) is 6.67 Å². The Morgan fingerprint density at radius 2 is 2.15 bits per heavy atom. The highest BCUT2D eigenvalue weighted by atomic mass is 16.3. The van der Waals surface area contributed by atoms with Crippen molar-refractivity contribution in [2.45, 2.75) is 39.7 Å². The third-order valence-corrected chi connectivity index (χ3v) is 1.77. The van der Waals surface area contributed by atoms with Crippen LogP contribution in [0.3, 0.4) is 0 Å². The molecule has 0 fully saturated rings. The molecule has 1 aliphatic rings. The molecule has 1 unspecified atom stereocenters. The zero-order valence-electron chi connectivity index (χ0n) is 8.49. The van der Waals surface area contributed by atoms with Crippen molar-refractivity contribution in [1.29, 1.82) is 0 Å². The van der Waals surface area contributed by atoms with Gasteiger partial charge in [-0.25, -0.2) is 4.99 Å². The summed E-state index contributed by atoms with van der Waals surface area (Å²) in [7, 11) is 0. The van der Waals surface area contributed by atoms with Gasteiger partial charge < -0.3 is 5.11 Å². The second-order valence-corrected chi connectivity index (χ2v) is 4.58. The molecule has 1 aliphatic heterocycles. The molecule has 1 atom stereocenters. The van der Waals surface area contributed by atoms with E-state index >= 15 is 0 Å². The molecule has 4 nitrogen and oxygen atoms in total. The number of aliphatic imine (C=N–C) groups is 1. The van der Waals surface area contributed by atoms with Crippen LogP contribution in [0, 0.1) is 5.41 Å². The summed E-state index contributed by atoms with van der Waals surface area (Å²) in [5.41, 5.74) is 0.149. The Morgan fingerprint density at radius 1 is 1.46 bits per heavy atom. The van der Waals surface area contributed by atoms with E-state index in [1.54, 1.807) is 0 Å². The zero-order valence-corrected chi connectivity index (χ0v) is 8.49. The lowest BCUT2D eigenvalue weighted by Crippen LogP contribution is -2.19. The maximum absolute atomic E-state index is 9.66. The first kappa shape index (κ1) is 10.3. The summed E-state index contributed by atoms with van der Waals surface area (Å²) < 4.78 is 0. The Hall–Kier alpha value is -0.770. The molecule has 0 spiro atoms. The molecule has 0 amide bonds. The van der Waals surface area contributed by atoms with Gasteiger partial charge in [-0.2, -0.15) is 5.11 Å². The smallest absolute Gasteiger partial charge is 0.152 e. The van der Waals surface area contributed by atoms with Crippen LogP contribution >= 0.6 is 0 Å². The van der Waals surface area contributed by atoms with Gasteiger partial charge in [-0.3, -0.25) is 0 Å². The Labute approximate surface area is 78.8 Å². The van der Waals surface area contributed by atoms with E-state index in [0.717, 1.165) is 6.42 Å². The molecular weight excluding hydrogens is 166 g/mol. The summed E-state index contributed by atoms with van der Waals surface area (Å²) in [6.45, 7) is 6.74. The van der Waals surface area contributed by atoms with Gasteiger partial charge in [-0.1, -0.05) is 20.8 Å². The van der Waals surface area contributed by atoms with Crippen LogP contribution < -0.4 is 0 Å². The van der Waals surface area contributed by atoms with E-state index in [2.05, 4.69) is 36.0 Å². The van der Waals surface area contributed by atoms with E-state index in [1.165, 1.54) is 0 Å². The minimum Gasteiger partial charge on any atom is -0.393 e. The van der Waals surface area contributed by atoms with Gasteiger partial charge >= 0.3 is 0 Å². The quantitative estimate of drug-likeness (QED) is 0.714. The maximum atomic E-state index is 9.66. The van der Waals surface area contributed by atoms with Crippen molar-refractivity contribution in [1.82, 2.24) is 0 Å². The lowest BCUT2D eigenvalue weighted by atomic mass is 9.88. The number of hydrogen-bond donors (Lipinski definition) is 1. The Morgan fingerprint density at radius 3 is 2.62 bits per heavy atom. The summed E-state index contributed by atoms with van der Waals surface area (Å²) in [5, 5.41) is 17.2. The van der Waals surface area contributed by atoms with Gasteiger partial charge in [-0.15, -0.1) is 5.11 Å². The lowest BCUT2D eigenvalue weighted by Gasteiger charge is -2.21. The third-order valence-electron chi connectivity index (χ3n) is 1.77. The van der Waals surface area contributed by atoms with Gasteiger partial charge in [0.05, 0.1) is 6.10 Å². The van der Waals surface area contributed by atoms with Crippen LogP contribution in [0.1, 0.15) is 33.6 Å². The van der Waals surface area contributed by atoms with Crippen molar-refractivity contribution >= 4 is 5.84 Å². The van der Waals surface area contributed by atoms with Crippen LogP contribution in [-0.2, 0) is 0 Å². The van der Waals surface area contributed by atoms with Crippen LogP contribution in [0.2, 0.25) is 0 Å². The number of rotatable bonds is 3. The Kier molecular flexibility index (Phi) is 3.14. The fourth-order valence-electron chi connectivity index (χ4n) is 1.35. The number of aliphatic hydroxyl groups excluding tert-OH is 1. The minimum absolute atomic E-state index is 0.149. The Bertz CT molecular complexity index is 228. The SMILES string of the molecule is CC(C)(C)CC(O)CC1=NCN=N1. The Balaban J connectivity index is 2.33. The van der Waals surface area contributed by atoms with E-state index in [1.807, 2.05) is 0 Å². The van der Waals surface area contributed by atoms with E-state index in [-0.39, 0.29) is 11.5 Å². The molecule has 1 N–H and O–H groups in total. The molecule has 0 aromatic heterocycles. The molecule has 0 saturated carbocycles. The molecule has 0 bridgehead atoms. The monoisotopic (exact) mass is 183 g/mol. The summed E-state index contributed by atoms with van der Waals surface area (Å²) in [6.07, 6.45) is 0.943. The van der Waals surface area contributed by atoms with E-state index in [0.29, 0.717) is 18.9 Å². The van der Waals surface area contributed by atoms with Gasteiger partial charge in [0.1, 0.15) is 5.84 Å². The molecule has 1 heterocycles. The molecule has 0 radical (unpaired) electrons. The van der Waals surface area contributed by atoms with Crippen molar-refractivity contribution in [3.63, 3.8) is 0 Å². The second kappa shape index (κ2) is 3.96. The lowest BCUT2D eigenvalue weighted by molar-refractivity contribution is 0.127. The number of aliphatic hydroxyl groups is 1. The van der Waals surface area contributed by atoms with Crippen LogP contribution in [-0.4, -0.2) is 23.7 Å². The van der Waals surface area contributed by atoms with Gasteiger partial charge in [0.2, 0.25) is 0 Å². The van der Waals surface area contributed by atoms with Crippen LogP contribution in [0.15, 0.2) is 15.2 Å². The highest BCUT2D eigenvalue weighted by Gasteiger charge is 2.18. The van der Waals surface area contributed by atoms with Gasteiger partial charge in [0.15, 0.2) is 6.67 Å². The van der Waals surface area contributed by atoms with E-state index in [9.17, 15) is 5.11 Å². The molecule has 0 aliphatic carbocycles. The highest BCUT2D eigenvalue weighted by Crippen LogP contribution is 2.22. The molecular formula is C9H17N3O. The molecule has 1 rings (SSSR count). The minimum atomic E-state index is -0.351. The number of amidine groups is 1. The first-order valence-corrected chi connectivity index (χ1v) is 4.56. The van der Waals surface area contributed by atoms with Crippen LogP contribution in [0.4, 0.5) is 0 Å². The number of nitrogens with zero attached hydrogens (tertiary/aromatic N) is 3. The standard InChI is InChI=1S/C9H17N3O/c1-9(2,3)5-7(13)4-8-10-6-11-12-8/h7,13H,4-6H2,1-3H3. The summed E-state index contributed by atoms with van der Waals surface area (Å²) >= 11 is 0. The predicted octanol–water partition coefficient (Wildman–Crippen LogP) is 2.00. The first-order valence-electron chi connectivity index (χ1n) is 4.56. The van der Waals surface area contributed by atoms with Crippen molar-refractivity contribution in [2.24, 2.45) is 20.6 Å². The topological polar surface area (TPSA) is 57.3 Å². The summed E-state index contributed by atoms with van der Waals surface area (Å²) in [6, 6.07) is 0. The average molecular weight is 183 g/mol. The van der Waals surface area contributed by atoms with Gasteiger partial charge in [-0.05, 0) is 11.8 Å². The number of azo groups is 1. The fourth-order valence-corrected chi connectivity index (χ4v) is 1.35. The largest absolute Gasteiger partial charge is 0.393 e. The molecule has 0 aromatic carbocycles. The second-order valence-electron chi connectivity index (χ2n) is 4.58. The van der Waals surface area contributed by atoms with Gasteiger partial charge in [0.25, 0.3) is 0 Å². The molecule has 74 valence electrons. The molecule has 13 heavy (non-hydrogen) atoms. The fraction of sp³-hybridized carbons (Fsp3) is 0.889. The van der Waals surface area contributed by atoms with Crippen molar-refractivity contribution < 1.29 is 5.11 Å². The maximum Gasteiger partial charge on any atom is 0.152 e. The van der Waals surface area contributed by atoms with Crippen LogP contribution in [0.25, 0.3) is 0 Å². The third kappa shape index (κ3) is 4.12. The predicted molar refractivity (Wildman–Crippen MR) is 51.9 cm³/mol. The van der Waals surface area contributed by atoms with E-state index < -0.39 is 0 Å². The first-order chi connectivity index (χ1) is 5.97. The molecule has 0 saturated heterocycles. The highest BCUT2D eigenvalue weighted by molar-refractivity contribution is 5.83. The van der Waals surface area contributed by atoms with Gasteiger partial charge in [0, 0.05) is 6.42 Å².